The molecule has 4 rings (SSSR count). The fourth-order valence-corrected chi connectivity index (χ4v) is 5.56. The number of amidine groups is 1. The van der Waals surface area contributed by atoms with Crippen LogP contribution >= 0.6 is 0 Å². The van der Waals surface area contributed by atoms with Gasteiger partial charge in [0.2, 0.25) is 5.91 Å². The normalized spacial score (nSPS) is 25.5. The SMILES string of the molecule is COC(=O)C1=C(C(=O)OC)[C@@H]2N(C)c3ccccc3[C@@]23C[C@@H](CO)N(C(=O)CC(C)C)C3=N1. The average Bonchev–Trinajstić information content (AvgIpc) is 3.27. The van der Waals surface area contributed by atoms with Crippen molar-refractivity contribution in [3.8, 4) is 0 Å². The zero-order valence-electron chi connectivity index (χ0n) is 19.5. The van der Waals surface area contributed by atoms with Gasteiger partial charge in [0.05, 0.1) is 43.9 Å². The predicted octanol–water partition coefficient (Wildman–Crippen LogP) is 1.39. The van der Waals surface area contributed by atoms with Crippen molar-refractivity contribution < 1.29 is 29.0 Å². The molecule has 1 N–H and O–H groups in total. The second kappa shape index (κ2) is 8.30. The van der Waals surface area contributed by atoms with Gasteiger partial charge in [0, 0.05) is 19.2 Å². The molecule has 0 unspecified atom stereocenters. The van der Waals surface area contributed by atoms with Gasteiger partial charge in [-0.3, -0.25) is 9.69 Å². The summed E-state index contributed by atoms with van der Waals surface area (Å²) >= 11 is 0. The highest BCUT2D eigenvalue weighted by Crippen LogP contribution is 2.57. The molecule has 0 bridgehead atoms. The molecule has 3 heterocycles. The molecule has 3 atom stereocenters. The van der Waals surface area contributed by atoms with Crippen molar-refractivity contribution in [2.75, 3.05) is 32.8 Å². The number of rotatable bonds is 5. The third-order valence-electron chi connectivity index (χ3n) is 6.76. The summed E-state index contributed by atoms with van der Waals surface area (Å²) in [4.78, 5) is 47.3. The number of carbonyl (C=O) groups is 3. The Morgan fingerprint density at radius 2 is 1.85 bits per heavy atom. The van der Waals surface area contributed by atoms with Gasteiger partial charge in [-0.25, -0.2) is 14.6 Å². The molecule has 3 aliphatic heterocycles. The number of hydrogen-bond acceptors (Lipinski definition) is 8. The highest BCUT2D eigenvalue weighted by Gasteiger charge is 2.65. The first kappa shape index (κ1) is 23.0. The summed E-state index contributed by atoms with van der Waals surface area (Å²) in [7, 11) is 4.31. The lowest BCUT2D eigenvalue weighted by Gasteiger charge is -2.39. The van der Waals surface area contributed by atoms with Gasteiger partial charge < -0.3 is 19.5 Å². The fraction of sp³-hybridized carbons (Fsp3) is 0.500. The van der Waals surface area contributed by atoms with Crippen LogP contribution in [-0.4, -0.2) is 73.6 Å². The molecule has 1 amide bonds. The molecule has 3 aliphatic rings. The molecule has 0 aromatic heterocycles. The number of benzene rings is 1. The van der Waals surface area contributed by atoms with Crippen LogP contribution in [0.3, 0.4) is 0 Å². The number of likely N-dealkylation sites (N-methyl/N-ethyl adjacent to an activating group) is 1. The second-order valence-electron chi connectivity index (χ2n) is 9.09. The fourth-order valence-electron chi connectivity index (χ4n) is 5.56. The minimum absolute atomic E-state index is 0.0849. The van der Waals surface area contributed by atoms with E-state index in [0.29, 0.717) is 12.3 Å². The van der Waals surface area contributed by atoms with Crippen LogP contribution in [0.5, 0.6) is 0 Å². The molecule has 9 heteroatoms. The molecule has 0 saturated carbocycles. The van der Waals surface area contributed by atoms with Crippen molar-refractivity contribution in [1.82, 2.24) is 4.90 Å². The summed E-state index contributed by atoms with van der Waals surface area (Å²) in [5.74, 6) is -1.20. The lowest BCUT2D eigenvalue weighted by molar-refractivity contribution is -0.139. The number of anilines is 1. The highest BCUT2D eigenvalue weighted by atomic mass is 16.5. The van der Waals surface area contributed by atoms with E-state index in [1.165, 1.54) is 19.1 Å². The van der Waals surface area contributed by atoms with Crippen LogP contribution in [0, 0.1) is 5.92 Å². The van der Waals surface area contributed by atoms with E-state index in [0.717, 1.165) is 11.3 Å². The predicted molar refractivity (Wildman–Crippen MR) is 121 cm³/mol. The number of aliphatic hydroxyl groups is 1. The standard InChI is InChI=1S/C24H29N3O6/c1-13(2)10-17(29)27-14(12-28)11-24-15-8-6-7-9-16(15)26(3)20(24)18(21(30)32-4)19(22(31)33-5)25-23(24)27/h6-9,13-14,20,28H,10-12H2,1-5H3/t14-,20-,24-/m0/s1. The van der Waals surface area contributed by atoms with E-state index in [4.69, 9.17) is 9.47 Å². The van der Waals surface area contributed by atoms with Crippen molar-refractivity contribution >= 4 is 29.4 Å². The minimum atomic E-state index is -0.910. The van der Waals surface area contributed by atoms with Crippen LogP contribution in [0.4, 0.5) is 5.69 Å². The van der Waals surface area contributed by atoms with Gasteiger partial charge in [-0.15, -0.1) is 0 Å². The lowest BCUT2D eigenvalue weighted by Crippen LogP contribution is -2.55. The molecule has 1 aromatic rings. The molecule has 176 valence electrons. The number of nitrogens with zero attached hydrogens (tertiary/aromatic N) is 3. The van der Waals surface area contributed by atoms with E-state index >= 15 is 0 Å². The van der Waals surface area contributed by atoms with Gasteiger partial charge in [-0.2, -0.15) is 0 Å². The molecule has 0 radical (unpaired) electrons. The molecule has 1 spiro atoms. The van der Waals surface area contributed by atoms with E-state index in [-0.39, 0.29) is 36.1 Å². The molecule has 1 aromatic carbocycles. The second-order valence-corrected chi connectivity index (χ2v) is 9.09. The largest absolute Gasteiger partial charge is 0.466 e. The zero-order valence-corrected chi connectivity index (χ0v) is 19.5. The monoisotopic (exact) mass is 455 g/mol. The number of likely N-dealkylation sites (tertiary alicyclic amines) is 1. The zero-order chi connectivity index (χ0) is 24.1. The number of para-hydroxylation sites is 1. The number of methoxy groups -OCH3 is 2. The van der Waals surface area contributed by atoms with Gasteiger partial charge in [0.15, 0.2) is 5.70 Å². The summed E-state index contributed by atoms with van der Waals surface area (Å²) < 4.78 is 10.0. The Morgan fingerprint density at radius 1 is 1.18 bits per heavy atom. The number of ether oxygens (including phenoxy) is 2. The maximum absolute atomic E-state index is 13.4. The molecule has 0 aliphatic carbocycles. The third kappa shape index (κ3) is 3.17. The highest BCUT2D eigenvalue weighted by molar-refractivity contribution is 6.15. The summed E-state index contributed by atoms with van der Waals surface area (Å²) in [6.07, 6.45) is 0.613. The Bertz CT molecular complexity index is 1080. The van der Waals surface area contributed by atoms with E-state index in [1.807, 2.05) is 50.1 Å². The smallest absolute Gasteiger partial charge is 0.357 e. The Balaban J connectivity index is 2.04. The van der Waals surface area contributed by atoms with Crippen molar-refractivity contribution in [2.24, 2.45) is 10.9 Å². The molecule has 1 fully saturated rings. The summed E-state index contributed by atoms with van der Waals surface area (Å²) in [5.41, 5.74) is 0.742. The summed E-state index contributed by atoms with van der Waals surface area (Å²) in [6, 6.07) is 6.46. The number of carbonyl (C=O) groups excluding carboxylic acids is 3. The number of fused-ring (bicyclic) bond motifs is 1. The molecule has 9 nitrogen and oxygen atoms in total. The van der Waals surface area contributed by atoms with Crippen molar-refractivity contribution in [3.05, 3.63) is 41.1 Å². The average molecular weight is 456 g/mol. The molecular weight excluding hydrogens is 426 g/mol. The molecule has 33 heavy (non-hydrogen) atoms. The van der Waals surface area contributed by atoms with Crippen LogP contribution in [0.1, 0.15) is 32.3 Å². The van der Waals surface area contributed by atoms with E-state index < -0.39 is 29.4 Å². The number of esters is 2. The lowest BCUT2D eigenvalue weighted by atomic mass is 9.69. The van der Waals surface area contributed by atoms with Crippen molar-refractivity contribution in [3.63, 3.8) is 0 Å². The maximum Gasteiger partial charge on any atom is 0.357 e. The first-order valence-electron chi connectivity index (χ1n) is 11.0. The van der Waals surface area contributed by atoms with Gasteiger partial charge in [-0.1, -0.05) is 32.0 Å². The van der Waals surface area contributed by atoms with Gasteiger partial charge in [0.1, 0.15) is 5.84 Å². The van der Waals surface area contributed by atoms with Gasteiger partial charge in [0.25, 0.3) is 0 Å². The first-order valence-corrected chi connectivity index (χ1v) is 11.0. The van der Waals surface area contributed by atoms with Crippen LogP contribution in [0.2, 0.25) is 0 Å². The van der Waals surface area contributed by atoms with Crippen LogP contribution in [-0.2, 0) is 29.3 Å². The number of hydrogen-bond donors (Lipinski definition) is 1. The van der Waals surface area contributed by atoms with Crippen molar-refractivity contribution in [1.29, 1.82) is 0 Å². The Morgan fingerprint density at radius 3 is 2.45 bits per heavy atom. The molecular formula is C24H29N3O6. The van der Waals surface area contributed by atoms with Crippen LogP contribution in [0.25, 0.3) is 0 Å². The topological polar surface area (TPSA) is 109 Å². The van der Waals surface area contributed by atoms with E-state index in [1.54, 1.807) is 0 Å². The van der Waals surface area contributed by atoms with Gasteiger partial charge in [-0.05, 0) is 24.0 Å². The number of aliphatic hydroxyl groups excluding tert-OH is 1. The number of amides is 1. The Labute approximate surface area is 192 Å². The quantitative estimate of drug-likeness (QED) is 0.669. The summed E-state index contributed by atoms with van der Waals surface area (Å²) in [6.45, 7) is 3.61. The maximum atomic E-state index is 13.4. The summed E-state index contributed by atoms with van der Waals surface area (Å²) in [5, 5.41) is 10.3. The first-order chi connectivity index (χ1) is 15.7. The van der Waals surface area contributed by atoms with Crippen molar-refractivity contribution in [2.45, 2.75) is 44.2 Å². The van der Waals surface area contributed by atoms with E-state index in [2.05, 4.69) is 4.99 Å². The molecule has 1 saturated heterocycles. The van der Waals surface area contributed by atoms with Crippen LogP contribution in [0.15, 0.2) is 40.5 Å². The Kier molecular flexibility index (Phi) is 5.78. The van der Waals surface area contributed by atoms with Crippen LogP contribution < -0.4 is 4.90 Å². The van der Waals surface area contributed by atoms with E-state index in [9.17, 15) is 19.5 Å². The number of aliphatic imine (C=N–C) groups is 1. The third-order valence-corrected chi connectivity index (χ3v) is 6.76. The minimum Gasteiger partial charge on any atom is -0.466 e. The Hall–Kier alpha value is -3.20. The van der Waals surface area contributed by atoms with Gasteiger partial charge >= 0.3 is 11.9 Å².